The second kappa shape index (κ2) is 12.4. The number of amides is 2. The van der Waals surface area contributed by atoms with Crippen LogP contribution < -0.4 is 19.7 Å². The molecule has 1 heterocycles. The Morgan fingerprint density at radius 2 is 1.77 bits per heavy atom. The molecule has 0 aliphatic carbocycles. The Bertz CT molecular complexity index is 1450. The zero-order valence-corrected chi connectivity index (χ0v) is 23.0. The Balaban J connectivity index is 1.85. The molecular weight excluding hydrogens is 494 g/mol. The van der Waals surface area contributed by atoms with Crippen LogP contribution in [0.25, 0.3) is 11.0 Å². The Kier molecular flexibility index (Phi) is 8.81. The van der Waals surface area contributed by atoms with E-state index < -0.39 is 6.04 Å². The maximum atomic E-state index is 14.2. The molecule has 2 amide bonds. The third-order valence-corrected chi connectivity index (χ3v) is 6.51. The molecule has 0 unspecified atom stereocenters. The van der Waals surface area contributed by atoms with E-state index in [4.69, 9.17) is 9.47 Å². The molecule has 0 saturated heterocycles. The molecule has 1 atom stereocenters. The molecule has 0 radical (unpaired) electrons. The lowest BCUT2D eigenvalue weighted by molar-refractivity contribution is -0.127. The Hall–Kier alpha value is -4.40. The average Bonchev–Trinajstić information content (AvgIpc) is 3.33. The first-order valence-electron chi connectivity index (χ1n) is 13.0. The van der Waals surface area contributed by atoms with Crippen LogP contribution in [0.4, 0.5) is 5.69 Å². The number of benzene rings is 3. The molecule has 1 aromatic heterocycles. The van der Waals surface area contributed by atoms with Gasteiger partial charge in [0.25, 0.3) is 0 Å². The number of aromatic nitrogens is 3. The van der Waals surface area contributed by atoms with Crippen molar-refractivity contribution in [3.8, 4) is 11.5 Å². The van der Waals surface area contributed by atoms with E-state index in [1.807, 2.05) is 55.5 Å². The van der Waals surface area contributed by atoms with Gasteiger partial charge < -0.3 is 14.8 Å². The number of aryl methyl sites for hydroxylation is 1. The van der Waals surface area contributed by atoms with Gasteiger partial charge in [0, 0.05) is 17.8 Å². The van der Waals surface area contributed by atoms with E-state index >= 15 is 0 Å². The van der Waals surface area contributed by atoms with Crippen LogP contribution in [0, 0.1) is 12.8 Å². The van der Waals surface area contributed by atoms with Crippen molar-refractivity contribution < 1.29 is 19.1 Å². The summed E-state index contributed by atoms with van der Waals surface area (Å²) in [5.74, 6) is 0.616. The van der Waals surface area contributed by atoms with Crippen LogP contribution in [0.15, 0.2) is 66.7 Å². The van der Waals surface area contributed by atoms with Crippen molar-refractivity contribution in [3.05, 3.63) is 77.9 Å². The lowest BCUT2D eigenvalue weighted by atomic mass is 10.00. The van der Waals surface area contributed by atoms with Crippen molar-refractivity contribution in [2.45, 2.75) is 39.8 Å². The Morgan fingerprint density at radius 1 is 1.00 bits per heavy atom. The summed E-state index contributed by atoms with van der Waals surface area (Å²) in [5.41, 5.74) is 3.46. The minimum absolute atomic E-state index is 0.115. The lowest BCUT2D eigenvalue weighted by Gasteiger charge is -2.33. The van der Waals surface area contributed by atoms with Crippen LogP contribution in [0.2, 0.25) is 0 Å². The van der Waals surface area contributed by atoms with Gasteiger partial charge in [-0.3, -0.25) is 14.5 Å². The highest BCUT2D eigenvalue weighted by atomic mass is 16.5. The van der Waals surface area contributed by atoms with Crippen LogP contribution in [-0.4, -0.2) is 47.6 Å². The highest BCUT2D eigenvalue weighted by Gasteiger charge is 2.36. The molecule has 39 heavy (non-hydrogen) atoms. The van der Waals surface area contributed by atoms with Gasteiger partial charge >= 0.3 is 0 Å². The second-order valence-corrected chi connectivity index (χ2v) is 9.80. The molecule has 9 nitrogen and oxygen atoms in total. The number of para-hydroxylation sites is 2. The molecule has 0 bridgehead atoms. The molecule has 0 saturated carbocycles. The van der Waals surface area contributed by atoms with Crippen molar-refractivity contribution in [1.82, 2.24) is 20.3 Å². The van der Waals surface area contributed by atoms with Crippen molar-refractivity contribution in [2.24, 2.45) is 5.92 Å². The van der Waals surface area contributed by atoms with E-state index in [1.165, 1.54) is 12.0 Å². The molecule has 204 valence electrons. The van der Waals surface area contributed by atoms with Gasteiger partial charge in [-0.05, 0) is 55.2 Å². The van der Waals surface area contributed by atoms with E-state index in [9.17, 15) is 9.59 Å². The maximum absolute atomic E-state index is 14.2. The molecule has 4 rings (SSSR count). The van der Waals surface area contributed by atoms with Crippen molar-refractivity contribution in [1.29, 1.82) is 0 Å². The van der Waals surface area contributed by atoms with Crippen LogP contribution in [0.1, 0.15) is 37.4 Å². The number of ether oxygens (including phenoxy) is 2. The topological polar surface area (TPSA) is 98.6 Å². The van der Waals surface area contributed by atoms with Crippen LogP contribution in [0.5, 0.6) is 11.5 Å². The van der Waals surface area contributed by atoms with Gasteiger partial charge in [0.2, 0.25) is 11.8 Å². The van der Waals surface area contributed by atoms with Gasteiger partial charge in [-0.1, -0.05) is 55.5 Å². The number of hydrogen-bond acceptors (Lipinski definition) is 6. The number of nitrogens with one attached hydrogen (secondary N) is 1. The Morgan fingerprint density at radius 3 is 2.49 bits per heavy atom. The molecule has 0 aliphatic rings. The summed E-state index contributed by atoms with van der Waals surface area (Å²) in [6, 6.07) is 19.3. The summed E-state index contributed by atoms with van der Waals surface area (Å²) in [4.78, 5) is 29.7. The van der Waals surface area contributed by atoms with Crippen molar-refractivity contribution >= 4 is 28.5 Å². The van der Waals surface area contributed by atoms with Gasteiger partial charge in [-0.15, -0.1) is 5.10 Å². The van der Waals surface area contributed by atoms with E-state index in [-0.39, 0.29) is 18.4 Å². The number of carbonyl (C=O) groups excluding carboxylic acids is 2. The smallest absolute Gasteiger partial charge is 0.249 e. The first-order valence-corrected chi connectivity index (χ1v) is 13.0. The molecule has 0 spiro atoms. The van der Waals surface area contributed by atoms with Crippen molar-refractivity contribution in [2.75, 3.05) is 25.7 Å². The monoisotopic (exact) mass is 529 g/mol. The minimum Gasteiger partial charge on any atom is -0.493 e. The molecular formula is C30H35N5O4. The predicted octanol–water partition coefficient (Wildman–Crippen LogP) is 4.69. The average molecular weight is 530 g/mol. The largest absolute Gasteiger partial charge is 0.493 e. The summed E-state index contributed by atoms with van der Waals surface area (Å²) in [6.45, 7) is 6.50. The summed E-state index contributed by atoms with van der Waals surface area (Å²) in [5, 5.41) is 11.4. The summed E-state index contributed by atoms with van der Waals surface area (Å²) in [7, 11) is 3.06. The summed E-state index contributed by atoms with van der Waals surface area (Å²) in [6.07, 6.45) is 0.803. The highest BCUT2D eigenvalue weighted by molar-refractivity contribution is 6.02. The first kappa shape index (κ1) is 27.6. The molecule has 4 aromatic rings. The summed E-state index contributed by atoms with van der Waals surface area (Å²) < 4.78 is 12.8. The van der Waals surface area contributed by atoms with Crippen LogP contribution in [0.3, 0.4) is 0 Å². The molecule has 0 fully saturated rings. The molecule has 1 N–H and O–H groups in total. The third-order valence-electron chi connectivity index (χ3n) is 6.51. The van der Waals surface area contributed by atoms with E-state index in [0.717, 1.165) is 17.5 Å². The maximum Gasteiger partial charge on any atom is 0.249 e. The quantitative estimate of drug-likeness (QED) is 0.303. The highest BCUT2D eigenvalue weighted by Crippen LogP contribution is 2.39. The van der Waals surface area contributed by atoms with Gasteiger partial charge in [-0.2, -0.15) is 0 Å². The fourth-order valence-corrected chi connectivity index (χ4v) is 4.56. The number of hydrogen-bond donors (Lipinski definition) is 1. The minimum atomic E-state index is -1.04. The number of anilines is 1. The van der Waals surface area contributed by atoms with Gasteiger partial charge in [0.1, 0.15) is 18.1 Å². The third kappa shape index (κ3) is 6.19. The van der Waals surface area contributed by atoms with E-state index in [0.29, 0.717) is 40.7 Å². The molecule has 3 aromatic carbocycles. The van der Waals surface area contributed by atoms with E-state index in [1.54, 1.807) is 30.0 Å². The number of carbonyl (C=O) groups is 2. The number of methoxy groups -OCH3 is 2. The zero-order chi connectivity index (χ0) is 27.9. The van der Waals surface area contributed by atoms with Gasteiger partial charge in [0.15, 0.2) is 11.5 Å². The standard InChI is InChI=1S/C30H35N5O4/c1-20(2)16-17-31-30(37)28(23-12-9-15-26(38-4)29(23)39-5)35(22-11-8-10-21(3)18-22)27(36)19-34-25-14-7-6-13-24(25)32-33-34/h6-15,18,20,28H,16-17,19H2,1-5H3,(H,31,37)/t28-/m0/s1. The van der Waals surface area contributed by atoms with E-state index in [2.05, 4.69) is 29.5 Å². The molecule has 0 aliphatic heterocycles. The first-order chi connectivity index (χ1) is 18.8. The van der Waals surface area contributed by atoms with Crippen LogP contribution >= 0.6 is 0 Å². The molecule has 9 heteroatoms. The SMILES string of the molecule is COc1cccc([C@@H](C(=O)NCCC(C)C)N(C(=O)Cn2nnc3ccccc32)c2cccc(C)c2)c1OC. The van der Waals surface area contributed by atoms with Crippen LogP contribution in [-0.2, 0) is 16.1 Å². The Labute approximate surface area is 228 Å². The fraction of sp³-hybridized carbons (Fsp3) is 0.333. The predicted molar refractivity (Wildman–Crippen MR) is 151 cm³/mol. The second-order valence-electron chi connectivity index (χ2n) is 9.80. The normalized spacial score (nSPS) is 11.8. The van der Waals surface area contributed by atoms with Crippen molar-refractivity contribution in [3.63, 3.8) is 0 Å². The number of nitrogens with zero attached hydrogens (tertiary/aromatic N) is 4. The summed E-state index contributed by atoms with van der Waals surface area (Å²) >= 11 is 0. The van der Waals surface area contributed by atoms with Gasteiger partial charge in [-0.25, -0.2) is 4.68 Å². The zero-order valence-electron chi connectivity index (χ0n) is 23.0. The van der Waals surface area contributed by atoms with Gasteiger partial charge in [0.05, 0.1) is 19.7 Å². The lowest BCUT2D eigenvalue weighted by Crippen LogP contribution is -2.45. The fourth-order valence-electron chi connectivity index (χ4n) is 4.56. The number of rotatable bonds is 11. The number of fused-ring (bicyclic) bond motifs is 1.